The van der Waals surface area contributed by atoms with Crippen molar-refractivity contribution in [2.24, 2.45) is 0 Å². The monoisotopic (exact) mass is 160 g/mol. The number of esters is 1. The van der Waals surface area contributed by atoms with Crippen molar-refractivity contribution in [2.45, 2.75) is 13.8 Å². The van der Waals surface area contributed by atoms with Crippen molar-refractivity contribution in [3.05, 3.63) is 26.0 Å². The predicted molar refractivity (Wildman–Crippen MR) is 46.0 cm³/mol. The minimum Gasteiger partial charge on any atom is -0.435 e. The summed E-state index contributed by atoms with van der Waals surface area (Å²) in [4.78, 5) is 9.75. The molecule has 0 atom stereocenters. The maximum Gasteiger partial charge on any atom is 0.307 e. The number of hydrogen-bond acceptors (Lipinski definition) is 3. The summed E-state index contributed by atoms with van der Waals surface area (Å²) in [5.74, 6) is -0.329. The number of aliphatic hydroxyl groups excluding tert-OH is 1. The van der Waals surface area contributed by atoms with Crippen LogP contribution in [0.15, 0.2) is 26.0 Å². The first kappa shape index (κ1) is 16.5. The third kappa shape index (κ3) is 117. The maximum absolute atomic E-state index is 9.75. The van der Waals surface area contributed by atoms with Crippen LogP contribution in [0.1, 0.15) is 13.8 Å². The molecule has 0 bridgehead atoms. The zero-order valence-corrected chi connectivity index (χ0v) is 7.17. The Morgan fingerprint density at radius 1 is 1.64 bits per heavy atom. The number of aliphatic hydroxyl groups is 1. The first-order valence-corrected chi connectivity index (χ1v) is 3.08. The molecule has 3 nitrogen and oxygen atoms in total. The molecule has 0 aromatic rings. The van der Waals surface area contributed by atoms with Crippen molar-refractivity contribution in [1.82, 2.24) is 0 Å². The minimum atomic E-state index is -0.329. The number of carbonyl (C=O) groups excluding carboxylic acids is 1. The molecule has 0 aliphatic heterocycles. The summed E-state index contributed by atoms with van der Waals surface area (Å²) in [6.07, 6.45) is 1.10. The molecule has 0 fully saturated rings. The molecular weight excluding hydrogens is 144 g/mol. The van der Waals surface area contributed by atoms with Gasteiger partial charge >= 0.3 is 5.97 Å². The Morgan fingerprint density at radius 2 is 1.91 bits per heavy atom. The first-order chi connectivity index (χ1) is 5.18. The van der Waals surface area contributed by atoms with E-state index in [-0.39, 0.29) is 12.6 Å². The van der Waals surface area contributed by atoms with Gasteiger partial charge in [0.25, 0.3) is 0 Å². The third-order valence-corrected chi connectivity index (χ3v) is 0.249. The van der Waals surface area contributed by atoms with E-state index >= 15 is 0 Å². The lowest BCUT2D eigenvalue weighted by molar-refractivity contribution is -0.135. The Kier molecular flexibility index (Phi) is 34.6. The molecule has 66 valence electrons. The van der Waals surface area contributed by atoms with Crippen molar-refractivity contribution in [3.8, 4) is 0 Å². The van der Waals surface area contributed by atoms with Crippen molar-refractivity contribution in [2.75, 3.05) is 6.61 Å². The molecule has 0 spiro atoms. The average Bonchev–Trinajstić information content (AvgIpc) is 1.93. The second-order valence-electron chi connectivity index (χ2n) is 1.09. The summed E-state index contributed by atoms with van der Waals surface area (Å²) in [6, 6.07) is 0. The lowest BCUT2D eigenvalue weighted by Crippen LogP contribution is -1.87. The van der Waals surface area contributed by atoms with E-state index in [1.54, 1.807) is 6.92 Å². The molecule has 0 aliphatic rings. The zero-order chi connectivity index (χ0) is 9.70. The van der Waals surface area contributed by atoms with Crippen molar-refractivity contribution in [1.29, 1.82) is 0 Å². The summed E-state index contributed by atoms with van der Waals surface area (Å²) in [5.41, 5.74) is 0. The van der Waals surface area contributed by atoms with Gasteiger partial charge in [-0.2, -0.15) is 0 Å². The molecule has 3 heteroatoms. The van der Waals surface area contributed by atoms with E-state index in [1.165, 1.54) is 6.92 Å². The van der Waals surface area contributed by atoms with Gasteiger partial charge in [0.05, 0.1) is 6.26 Å². The molecule has 0 rings (SSSR count). The van der Waals surface area contributed by atoms with Crippen LogP contribution in [0.3, 0.4) is 0 Å². The molecule has 0 aliphatic carbocycles. The molecule has 0 saturated heterocycles. The summed E-state index contributed by atoms with van der Waals surface area (Å²) in [5, 5.41) is 7.57. The van der Waals surface area contributed by atoms with Gasteiger partial charge in [-0.15, -0.1) is 13.2 Å². The molecule has 0 aromatic carbocycles. The van der Waals surface area contributed by atoms with E-state index in [4.69, 9.17) is 5.11 Å². The van der Waals surface area contributed by atoms with Crippen LogP contribution in [0.25, 0.3) is 0 Å². The highest BCUT2D eigenvalue weighted by Gasteiger charge is 1.79. The summed E-state index contributed by atoms with van der Waals surface area (Å²) < 4.78 is 4.17. The maximum atomic E-state index is 9.75. The van der Waals surface area contributed by atoms with E-state index in [2.05, 4.69) is 24.5 Å². The van der Waals surface area contributed by atoms with Crippen LogP contribution in [0, 0.1) is 0 Å². The Labute approximate surface area is 68.0 Å². The molecular formula is C8H16O3. The molecule has 1 N–H and O–H groups in total. The lowest BCUT2D eigenvalue weighted by atomic mass is 10.8. The highest BCUT2D eigenvalue weighted by atomic mass is 16.5. The fourth-order valence-electron chi connectivity index (χ4n) is 0.117. The van der Waals surface area contributed by atoms with Gasteiger partial charge in [0.15, 0.2) is 0 Å². The van der Waals surface area contributed by atoms with Crippen LogP contribution in [0.5, 0.6) is 0 Å². The fourth-order valence-corrected chi connectivity index (χ4v) is 0.117. The van der Waals surface area contributed by atoms with E-state index in [9.17, 15) is 4.79 Å². The molecule has 0 saturated carbocycles. The van der Waals surface area contributed by atoms with Crippen molar-refractivity contribution >= 4 is 5.97 Å². The number of carbonyl (C=O) groups is 1. The quantitative estimate of drug-likeness (QED) is 0.359. The van der Waals surface area contributed by atoms with E-state index in [0.29, 0.717) is 0 Å². The molecule has 0 radical (unpaired) electrons. The Hall–Kier alpha value is -1.09. The molecule has 0 unspecified atom stereocenters. The van der Waals surface area contributed by atoms with Crippen LogP contribution < -0.4 is 0 Å². The third-order valence-electron chi connectivity index (χ3n) is 0.249. The van der Waals surface area contributed by atoms with Crippen molar-refractivity contribution in [3.63, 3.8) is 0 Å². The highest BCUT2D eigenvalue weighted by molar-refractivity contribution is 5.66. The molecule has 0 heterocycles. The van der Waals surface area contributed by atoms with Gasteiger partial charge in [0.1, 0.15) is 0 Å². The van der Waals surface area contributed by atoms with E-state index in [1.807, 2.05) is 0 Å². The zero-order valence-electron chi connectivity index (χ0n) is 7.17. The van der Waals surface area contributed by atoms with Crippen LogP contribution in [0.2, 0.25) is 0 Å². The predicted octanol–water partition coefficient (Wildman–Crippen LogP) is 1.49. The van der Waals surface area contributed by atoms with E-state index < -0.39 is 0 Å². The first-order valence-electron chi connectivity index (χ1n) is 3.08. The van der Waals surface area contributed by atoms with Gasteiger partial charge in [0, 0.05) is 13.5 Å². The Bertz CT molecular complexity index is 89.3. The smallest absolute Gasteiger partial charge is 0.307 e. The summed E-state index contributed by atoms with van der Waals surface area (Å²) in [7, 11) is 0. The largest absolute Gasteiger partial charge is 0.435 e. The second-order valence-corrected chi connectivity index (χ2v) is 1.09. The second kappa shape index (κ2) is 23.1. The highest BCUT2D eigenvalue weighted by Crippen LogP contribution is 1.70. The van der Waals surface area contributed by atoms with Crippen LogP contribution in [-0.2, 0) is 9.53 Å². The SMILES string of the molecule is C=C.C=COC(C)=O.CCO. The number of ether oxygens (including phenoxy) is 1. The van der Waals surface area contributed by atoms with Crippen LogP contribution in [0.4, 0.5) is 0 Å². The van der Waals surface area contributed by atoms with Gasteiger partial charge in [-0.25, -0.2) is 0 Å². The number of rotatable bonds is 1. The van der Waals surface area contributed by atoms with Gasteiger partial charge in [-0.3, -0.25) is 4.79 Å². The molecule has 0 aromatic heterocycles. The van der Waals surface area contributed by atoms with Gasteiger partial charge in [-0.1, -0.05) is 6.58 Å². The Balaban J connectivity index is -0.000000109. The molecule has 0 amide bonds. The lowest BCUT2D eigenvalue weighted by Gasteiger charge is -1.83. The minimum absolute atomic E-state index is 0.250. The average molecular weight is 160 g/mol. The van der Waals surface area contributed by atoms with E-state index in [0.717, 1.165) is 6.26 Å². The van der Waals surface area contributed by atoms with Crippen molar-refractivity contribution < 1.29 is 14.6 Å². The van der Waals surface area contributed by atoms with Crippen LogP contribution in [-0.4, -0.2) is 17.7 Å². The van der Waals surface area contributed by atoms with Crippen LogP contribution >= 0.6 is 0 Å². The van der Waals surface area contributed by atoms with Gasteiger partial charge in [-0.05, 0) is 6.92 Å². The summed E-state index contributed by atoms with van der Waals surface area (Å²) in [6.45, 7) is 12.4. The van der Waals surface area contributed by atoms with Gasteiger partial charge in [0.2, 0.25) is 0 Å². The van der Waals surface area contributed by atoms with Gasteiger partial charge < -0.3 is 9.84 Å². The normalized spacial score (nSPS) is 5.73. The topological polar surface area (TPSA) is 46.5 Å². The number of hydrogen-bond donors (Lipinski definition) is 1. The Morgan fingerprint density at radius 3 is 1.91 bits per heavy atom. The summed E-state index contributed by atoms with van der Waals surface area (Å²) >= 11 is 0. The standard InChI is InChI=1S/C4H6O2.C2H6O.C2H4/c1-3-6-4(2)5;1-2-3;1-2/h3H,1H2,2H3;3H,2H2,1H3;1-2H2. The fraction of sp³-hybridized carbons (Fsp3) is 0.375. The molecule has 11 heavy (non-hydrogen) atoms.